The molecule has 0 amide bonds. The van der Waals surface area contributed by atoms with Crippen molar-refractivity contribution < 1.29 is 9.47 Å². The van der Waals surface area contributed by atoms with Crippen molar-refractivity contribution in [2.24, 2.45) is 5.92 Å². The molecule has 2 fully saturated rings. The number of hydrogen-bond donors (Lipinski definition) is 0. The predicted molar refractivity (Wildman–Crippen MR) is 61.0 cm³/mol. The number of ether oxygens (including phenoxy) is 2. The average molecular weight is 212 g/mol. The molecule has 2 heteroatoms. The van der Waals surface area contributed by atoms with Crippen molar-refractivity contribution in [3.8, 4) is 0 Å². The molecule has 0 aromatic carbocycles. The smallest absolute Gasteiger partial charge is 0.0966 e. The Balaban J connectivity index is 2.14. The fourth-order valence-electron chi connectivity index (χ4n) is 3.13. The summed E-state index contributed by atoms with van der Waals surface area (Å²) in [6.07, 6.45) is 6.74. The first-order chi connectivity index (χ1) is 7.06. The molecule has 0 spiro atoms. The van der Waals surface area contributed by atoms with Gasteiger partial charge in [-0.25, -0.2) is 0 Å². The summed E-state index contributed by atoms with van der Waals surface area (Å²) in [5.74, 6) is 0.682. The topological polar surface area (TPSA) is 18.5 Å². The highest BCUT2D eigenvalue weighted by atomic mass is 16.6. The summed E-state index contributed by atoms with van der Waals surface area (Å²) in [5, 5.41) is 0. The maximum absolute atomic E-state index is 6.10. The van der Waals surface area contributed by atoms with Crippen LogP contribution in [0.4, 0.5) is 0 Å². The zero-order valence-corrected chi connectivity index (χ0v) is 10.3. The van der Waals surface area contributed by atoms with Gasteiger partial charge in [-0.3, -0.25) is 0 Å². The van der Waals surface area contributed by atoms with E-state index in [-0.39, 0.29) is 11.2 Å². The van der Waals surface area contributed by atoms with Gasteiger partial charge in [0, 0.05) is 0 Å². The van der Waals surface area contributed by atoms with Gasteiger partial charge in [0.2, 0.25) is 0 Å². The minimum atomic E-state index is -0.132. The highest BCUT2D eigenvalue weighted by molar-refractivity contribution is 5.00. The Morgan fingerprint density at radius 3 is 2.07 bits per heavy atom. The van der Waals surface area contributed by atoms with E-state index in [1.54, 1.807) is 0 Å². The standard InChI is InChI=1S/C13H24O2/c1-12(2)13(3,15-10-9-14-12)11-7-5-4-6-8-11/h11H,4-10H2,1-3H3. The first kappa shape index (κ1) is 11.4. The first-order valence-electron chi connectivity index (χ1n) is 6.34. The van der Waals surface area contributed by atoms with Crippen LogP contribution in [0.25, 0.3) is 0 Å². The van der Waals surface area contributed by atoms with Crippen molar-refractivity contribution >= 4 is 0 Å². The molecule has 1 unspecified atom stereocenters. The molecular weight excluding hydrogens is 188 g/mol. The summed E-state index contributed by atoms with van der Waals surface area (Å²) < 4.78 is 12.0. The summed E-state index contributed by atoms with van der Waals surface area (Å²) in [6, 6.07) is 0. The van der Waals surface area contributed by atoms with E-state index in [1.807, 2.05) is 0 Å². The highest BCUT2D eigenvalue weighted by Gasteiger charge is 2.50. The van der Waals surface area contributed by atoms with Crippen LogP contribution in [0, 0.1) is 5.92 Å². The van der Waals surface area contributed by atoms with Crippen LogP contribution in [0.5, 0.6) is 0 Å². The molecular formula is C13H24O2. The Labute approximate surface area is 93.3 Å². The Hall–Kier alpha value is -0.0800. The molecule has 0 aromatic heterocycles. The predicted octanol–water partition coefficient (Wildman–Crippen LogP) is 3.15. The maximum atomic E-state index is 6.10. The van der Waals surface area contributed by atoms with Gasteiger partial charge in [0.25, 0.3) is 0 Å². The summed E-state index contributed by atoms with van der Waals surface area (Å²) in [4.78, 5) is 0. The summed E-state index contributed by atoms with van der Waals surface area (Å²) in [5.41, 5.74) is -0.209. The third kappa shape index (κ3) is 1.94. The Kier molecular flexibility index (Phi) is 3.09. The molecule has 1 aliphatic carbocycles. The monoisotopic (exact) mass is 212 g/mol. The lowest BCUT2D eigenvalue weighted by atomic mass is 9.70. The highest BCUT2D eigenvalue weighted by Crippen LogP contribution is 2.44. The molecule has 2 aliphatic rings. The van der Waals surface area contributed by atoms with E-state index in [0.717, 1.165) is 13.2 Å². The van der Waals surface area contributed by atoms with Crippen molar-refractivity contribution in [2.75, 3.05) is 13.2 Å². The lowest BCUT2D eigenvalue weighted by molar-refractivity contribution is -0.262. The van der Waals surface area contributed by atoms with E-state index >= 15 is 0 Å². The van der Waals surface area contributed by atoms with Gasteiger partial charge in [0.1, 0.15) is 0 Å². The first-order valence-corrected chi connectivity index (χ1v) is 6.34. The molecule has 0 aromatic rings. The fourth-order valence-corrected chi connectivity index (χ4v) is 3.13. The van der Waals surface area contributed by atoms with Crippen molar-refractivity contribution in [1.29, 1.82) is 0 Å². The summed E-state index contributed by atoms with van der Waals surface area (Å²) >= 11 is 0. The van der Waals surface area contributed by atoms with Gasteiger partial charge in [0.05, 0.1) is 24.4 Å². The van der Waals surface area contributed by atoms with Crippen LogP contribution in [0.15, 0.2) is 0 Å². The van der Waals surface area contributed by atoms with Gasteiger partial charge in [-0.05, 0) is 39.5 Å². The van der Waals surface area contributed by atoms with Crippen LogP contribution in [0.2, 0.25) is 0 Å². The Morgan fingerprint density at radius 1 is 0.867 bits per heavy atom. The van der Waals surface area contributed by atoms with Gasteiger partial charge in [-0.2, -0.15) is 0 Å². The molecule has 1 saturated carbocycles. The van der Waals surface area contributed by atoms with Gasteiger partial charge < -0.3 is 9.47 Å². The SMILES string of the molecule is CC1(C)OCCOC1(C)C1CCCCC1. The lowest BCUT2D eigenvalue weighted by Crippen LogP contribution is -2.60. The molecule has 88 valence electrons. The van der Waals surface area contributed by atoms with E-state index in [2.05, 4.69) is 20.8 Å². The number of rotatable bonds is 1. The van der Waals surface area contributed by atoms with E-state index < -0.39 is 0 Å². The second kappa shape index (κ2) is 4.06. The second-order valence-corrected chi connectivity index (χ2v) is 5.65. The van der Waals surface area contributed by atoms with Crippen LogP contribution in [0.1, 0.15) is 52.9 Å². The molecule has 1 saturated heterocycles. The van der Waals surface area contributed by atoms with Crippen LogP contribution in [0.3, 0.4) is 0 Å². The zero-order chi connectivity index (χ0) is 10.9. The largest absolute Gasteiger partial charge is 0.370 e. The van der Waals surface area contributed by atoms with Crippen molar-refractivity contribution in [3.05, 3.63) is 0 Å². The van der Waals surface area contributed by atoms with Crippen molar-refractivity contribution in [1.82, 2.24) is 0 Å². The van der Waals surface area contributed by atoms with Crippen LogP contribution in [-0.2, 0) is 9.47 Å². The van der Waals surface area contributed by atoms with E-state index in [4.69, 9.17) is 9.47 Å². The van der Waals surface area contributed by atoms with Crippen LogP contribution < -0.4 is 0 Å². The quantitative estimate of drug-likeness (QED) is 0.664. The van der Waals surface area contributed by atoms with Gasteiger partial charge in [0.15, 0.2) is 0 Å². The molecule has 2 nitrogen and oxygen atoms in total. The molecule has 1 atom stereocenters. The van der Waals surface area contributed by atoms with Crippen molar-refractivity contribution in [2.45, 2.75) is 64.1 Å². The van der Waals surface area contributed by atoms with Crippen LogP contribution >= 0.6 is 0 Å². The minimum absolute atomic E-state index is 0.0777. The maximum Gasteiger partial charge on any atom is 0.0966 e. The number of hydrogen-bond acceptors (Lipinski definition) is 2. The molecule has 15 heavy (non-hydrogen) atoms. The van der Waals surface area contributed by atoms with Gasteiger partial charge in [-0.15, -0.1) is 0 Å². The van der Waals surface area contributed by atoms with Gasteiger partial charge >= 0.3 is 0 Å². The van der Waals surface area contributed by atoms with E-state index in [9.17, 15) is 0 Å². The molecule has 1 aliphatic heterocycles. The van der Waals surface area contributed by atoms with Crippen LogP contribution in [-0.4, -0.2) is 24.4 Å². The molecule has 0 bridgehead atoms. The Morgan fingerprint density at radius 2 is 1.47 bits per heavy atom. The normalized spacial score (nSPS) is 37.8. The van der Waals surface area contributed by atoms with E-state index in [0.29, 0.717) is 5.92 Å². The van der Waals surface area contributed by atoms with E-state index in [1.165, 1.54) is 32.1 Å². The fraction of sp³-hybridized carbons (Fsp3) is 1.00. The summed E-state index contributed by atoms with van der Waals surface area (Å²) in [7, 11) is 0. The summed E-state index contributed by atoms with van der Waals surface area (Å²) in [6.45, 7) is 8.12. The molecule has 1 heterocycles. The third-order valence-corrected chi connectivity index (χ3v) is 4.53. The Bertz CT molecular complexity index is 219. The second-order valence-electron chi connectivity index (χ2n) is 5.65. The zero-order valence-electron chi connectivity index (χ0n) is 10.3. The van der Waals surface area contributed by atoms with Crippen molar-refractivity contribution in [3.63, 3.8) is 0 Å². The third-order valence-electron chi connectivity index (χ3n) is 4.53. The average Bonchev–Trinajstić information content (AvgIpc) is 2.24. The lowest BCUT2D eigenvalue weighted by Gasteiger charge is -2.52. The van der Waals surface area contributed by atoms with Gasteiger partial charge in [-0.1, -0.05) is 19.3 Å². The molecule has 2 rings (SSSR count). The molecule has 0 N–H and O–H groups in total. The molecule has 0 radical (unpaired) electrons. The minimum Gasteiger partial charge on any atom is -0.370 e.